The largest absolute Gasteiger partial charge is 0.494 e. The standard InChI is InChI=1S/C55H68F3N11O8S/c1-34(36-12-14-37(15-13-36)47-35(2)60-33-78-47)61-50(72)43-29-39(70)31-68(43)52(74)48(54(3,4)5)63-46(71)18-24-76-26-27-77-25-23-66-19-21-67(22-20-66)38-16-17-41(45(28-38)75-7)62-53-59-30-44-49(64-53)65(6)42-11-9-8-10-40(42)51(73)69(44)32-55(56,57)58/h8-17,28,30,33-34,39,43,48,70H,18-27,29,31-32H2,1-7H3,(H,61,72)(H,63,71)(H,59,62,64)/t34-,39+,43-,48+/m0/s1. The average Bonchev–Trinajstić information content (AvgIpc) is 4.05. The number of aromatic nitrogens is 3. The number of rotatable bonds is 20. The predicted octanol–water partition coefficient (Wildman–Crippen LogP) is 6.87. The molecule has 3 aromatic carbocycles. The quantitative estimate of drug-likeness (QED) is 0.0587. The van der Waals surface area contributed by atoms with Gasteiger partial charge in [-0.05, 0) is 54.7 Å². The highest BCUT2D eigenvalue weighted by atomic mass is 32.1. The van der Waals surface area contributed by atoms with E-state index in [1.807, 2.05) is 82.6 Å². The number of alkyl halides is 3. The molecule has 0 unspecified atom stereocenters. The number of nitrogens with zero attached hydrogens (tertiary/aromatic N) is 8. The summed E-state index contributed by atoms with van der Waals surface area (Å²) in [5.74, 6) is -1.27. The van der Waals surface area contributed by atoms with Crippen molar-refractivity contribution >= 4 is 69.5 Å². The maximum atomic E-state index is 14.1. The van der Waals surface area contributed by atoms with Crippen LogP contribution < -0.4 is 35.4 Å². The van der Waals surface area contributed by atoms with Crippen LogP contribution in [0.5, 0.6) is 5.75 Å². The molecule has 23 heteroatoms. The Balaban J connectivity index is 0.742. The van der Waals surface area contributed by atoms with Crippen LogP contribution in [0.1, 0.15) is 68.2 Å². The van der Waals surface area contributed by atoms with Crippen LogP contribution in [0.15, 0.2) is 78.4 Å². The van der Waals surface area contributed by atoms with Crippen LogP contribution in [-0.4, -0.2) is 164 Å². The second-order valence-corrected chi connectivity index (χ2v) is 21.5. The van der Waals surface area contributed by atoms with Crippen LogP contribution in [0.25, 0.3) is 10.4 Å². The van der Waals surface area contributed by atoms with E-state index in [4.69, 9.17) is 14.2 Å². The van der Waals surface area contributed by atoms with Gasteiger partial charge in [0, 0.05) is 70.9 Å². The summed E-state index contributed by atoms with van der Waals surface area (Å²) >= 11 is 1.57. The van der Waals surface area contributed by atoms with E-state index in [0.29, 0.717) is 41.8 Å². The summed E-state index contributed by atoms with van der Waals surface area (Å²) in [6, 6.07) is 17.8. The Morgan fingerprint density at radius 1 is 0.910 bits per heavy atom. The van der Waals surface area contributed by atoms with E-state index in [0.717, 1.165) is 53.6 Å². The number of thiazole rings is 1. The van der Waals surface area contributed by atoms with Crippen molar-refractivity contribution in [3.8, 4) is 16.2 Å². The van der Waals surface area contributed by atoms with Crippen LogP contribution >= 0.6 is 11.3 Å². The SMILES string of the molecule is COc1cc(N2CCN(CCOCCOCCC(=O)N[C@H](C(=O)N3C[C@H](O)C[C@H]3C(=O)N[C@@H](C)c3ccc(-c4scnc4C)cc3)C(C)(C)C)CC2)ccc1Nc1ncc2c(n1)N(C)c1ccccc1C(=O)N2CC(F)(F)F. The van der Waals surface area contributed by atoms with Crippen LogP contribution in [0.3, 0.4) is 0 Å². The molecule has 0 bridgehead atoms. The van der Waals surface area contributed by atoms with Gasteiger partial charge in [-0.1, -0.05) is 57.2 Å². The third kappa shape index (κ3) is 13.8. The number of nitrogens with one attached hydrogen (secondary N) is 3. The molecule has 4 amide bonds. The molecule has 0 saturated carbocycles. The maximum Gasteiger partial charge on any atom is 0.406 e. The molecule has 2 aromatic heterocycles. The highest BCUT2D eigenvalue weighted by molar-refractivity contribution is 7.13. The van der Waals surface area contributed by atoms with E-state index >= 15 is 0 Å². The van der Waals surface area contributed by atoms with Crippen LogP contribution in [0.2, 0.25) is 0 Å². The molecule has 0 aliphatic carbocycles. The molecule has 0 spiro atoms. The van der Waals surface area contributed by atoms with Crippen LogP contribution in [-0.2, 0) is 23.9 Å². The van der Waals surface area contributed by atoms with Crippen molar-refractivity contribution in [2.24, 2.45) is 5.41 Å². The Kier molecular flexibility index (Phi) is 18.2. The van der Waals surface area contributed by atoms with Crippen LogP contribution in [0, 0.1) is 12.3 Å². The Bertz CT molecular complexity index is 2910. The summed E-state index contributed by atoms with van der Waals surface area (Å²) in [5, 5.41) is 19.7. The van der Waals surface area contributed by atoms with Crippen molar-refractivity contribution in [1.29, 1.82) is 0 Å². The number of fused-ring (bicyclic) bond motifs is 2. The third-order valence-electron chi connectivity index (χ3n) is 14.1. The molecule has 78 heavy (non-hydrogen) atoms. The minimum Gasteiger partial charge on any atom is -0.494 e. The number of hydrogen-bond donors (Lipinski definition) is 4. The summed E-state index contributed by atoms with van der Waals surface area (Å²) in [6.07, 6.45) is -4.24. The molecular weight excluding hydrogens is 1030 g/mol. The first-order valence-corrected chi connectivity index (χ1v) is 26.8. The zero-order chi connectivity index (χ0) is 55.9. The zero-order valence-corrected chi connectivity index (χ0v) is 45.7. The first-order chi connectivity index (χ1) is 37.2. The minimum absolute atomic E-state index is 0.0113. The van der Waals surface area contributed by atoms with Gasteiger partial charge in [0.25, 0.3) is 5.91 Å². The number of benzene rings is 3. The molecule has 418 valence electrons. The number of carbonyl (C=O) groups excluding carboxylic acids is 4. The molecule has 8 rings (SSSR count). The lowest BCUT2D eigenvalue weighted by molar-refractivity contribution is -0.144. The third-order valence-corrected chi connectivity index (χ3v) is 15.0. The van der Waals surface area contributed by atoms with Gasteiger partial charge in [0.15, 0.2) is 5.82 Å². The van der Waals surface area contributed by atoms with Gasteiger partial charge in [0.05, 0.1) is 84.9 Å². The predicted molar refractivity (Wildman–Crippen MR) is 292 cm³/mol. The van der Waals surface area contributed by atoms with E-state index in [2.05, 4.69) is 40.7 Å². The number of aliphatic hydroxyl groups is 1. The number of aliphatic hydroxyl groups excluding tert-OH is 1. The lowest BCUT2D eigenvalue weighted by Gasteiger charge is -2.36. The molecule has 5 heterocycles. The van der Waals surface area contributed by atoms with Gasteiger partial charge >= 0.3 is 6.18 Å². The molecule has 19 nitrogen and oxygen atoms in total. The highest BCUT2D eigenvalue weighted by Crippen LogP contribution is 2.41. The van der Waals surface area contributed by atoms with Crippen molar-refractivity contribution < 1.29 is 51.7 Å². The minimum atomic E-state index is -4.66. The van der Waals surface area contributed by atoms with Gasteiger partial charge in [0.1, 0.15) is 30.1 Å². The fraction of sp³-hybridized carbons (Fsp3) is 0.473. The molecule has 0 radical (unpaired) electrons. The maximum absolute atomic E-state index is 14.1. The van der Waals surface area contributed by atoms with Gasteiger partial charge in [-0.15, -0.1) is 11.3 Å². The van der Waals surface area contributed by atoms with Gasteiger partial charge in [-0.25, -0.2) is 9.97 Å². The van der Waals surface area contributed by atoms with Crippen molar-refractivity contribution in [2.45, 2.75) is 77.9 Å². The highest BCUT2D eigenvalue weighted by Gasteiger charge is 2.45. The Hall–Kier alpha value is -6.92. The smallest absolute Gasteiger partial charge is 0.406 e. The molecular formula is C55H68F3N11O8S. The number of amides is 4. The normalized spacial score (nSPS) is 17.8. The van der Waals surface area contributed by atoms with Crippen molar-refractivity contribution in [2.75, 3.05) is 106 Å². The second kappa shape index (κ2) is 24.8. The lowest BCUT2D eigenvalue weighted by atomic mass is 9.85. The van der Waals surface area contributed by atoms with Crippen molar-refractivity contribution in [3.63, 3.8) is 0 Å². The summed E-state index contributed by atoms with van der Waals surface area (Å²) in [4.78, 5) is 76.9. The fourth-order valence-electron chi connectivity index (χ4n) is 9.78. The molecule has 3 aliphatic rings. The summed E-state index contributed by atoms with van der Waals surface area (Å²) in [6.45, 7) is 12.8. The number of hydrogen-bond acceptors (Lipinski definition) is 16. The number of piperazine rings is 1. The van der Waals surface area contributed by atoms with E-state index < -0.39 is 48.1 Å². The number of ether oxygens (including phenoxy) is 3. The summed E-state index contributed by atoms with van der Waals surface area (Å²) < 4.78 is 58.5. The Morgan fingerprint density at radius 3 is 2.31 bits per heavy atom. The number of methoxy groups -OCH3 is 1. The monoisotopic (exact) mass is 1100 g/mol. The number of likely N-dealkylation sites (tertiary alicyclic amines) is 1. The van der Waals surface area contributed by atoms with E-state index in [1.54, 1.807) is 41.5 Å². The topological polar surface area (TPSA) is 207 Å². The van der Waals surface area contributed by atoms with E-state index in [-0.39, 0.29) is 73.5 Å². The van der Waals surface area contributed by atoms with Gasteiger partial charge < -0.3 is 50.0 Å². The number of carbonyl (C=O) groups is 4. The van der Waals surface area contributed by atoms with Crippen molar-refractivity contribution in [3.05, 3.63) is 95.3 Å². The second-order valence-electron chi connectivity index (χ2n) is 20.7. The molecule has 4 N–H and O–H groups in total. The number of halogens is 3. The summed E-state index contributed by atoms with van der Waals surface area (Å²) in [7, 11) is 3.18. The van der Waals surface area contributed by atoms with Crippen molar-refractivity contribution in [1.82, 2.24) is 35.4 Å². The zero-order valence-electron chi connectivity index (χ0n) is 44.9. The molecule has 3 aliphatic heterocycles. The van der Waals surface area contributed by atoms with Gasteiger partial charge in [-0.2, -0.15) is 18.2 Å². The average molecular weight is 1100 g/mol. The Morgan fingerprint density at radius 2 is 1.63 bits per heavy atom. The first-order valence-electron chi connectivity index (χ1n) is 25.9. The molecule has 4 atom stereocenters. The van der Waals surface area contributed by atoms with E-state index in [9.17, 15) is 37.5 Å². The summed E-state index contributed by atoms with van der Waals surface area (Å²) in [5.41, 5.74) is 5.91. The lowest BCUT2D eigenvalue weighted by Crippen LogP contribution is -2.58. The number of β-amino-alcohol motifs (C(OH)–C–C–N with tert-alkyl or cyclic N) is 1. The number of anilines is 6. The Labute approximate surface area is 456 Å². The van der Waals surface area contributed by atoms with Gasteiger partial charge in [-0.3, -0.25) is 29.0 Å². The number of aryl methyl sites for hydroxylation is 1. The van der Waals surface area contributed by atoms with Gasteiger partial charge in [0.2, 0.25) is 23.7 Å². The first kappa shape index (κ1) is 57.3. The molecule has 5 aromatic rings. The fourth-order valence-corrected chi connectivity index (χ4v) is 10.6. The number of para-hydroxylation sites is 1. The molecule has 2 fully saturated rings. The molecule has 2 saturated heterocycles. The van der Waals surface area contributed by atoms with Crippen LogP contribution in [0.4, 0.5) is 47.7 Å². The van der Waals surface area contributed by atoms with E-state index in [1.165, 1.54) is 24.3 Å².